The average molecular weight is 348 g/mol. The normalized spacial score (nSPS) is 11.4. The molecule has 2 aromatic heterocycles. The van der Waals surface area contributed by atoms with Crippen molar-refractivity contribution in [2.45, 2.75) is 20.0 Å². The Bertz CT molecular complexity index is 766. The first-order valence-corrected chi connectivity index (χ1v) is 6.96. The molecule has 1 amide bonds. The van der Waals surface area contributed by atoms with E-state index in [9.17, 15) is 22.8 Å². The summed E-state index contributed by atoms with van der Waals surface area (Å²) in [5.74, 6) is -1.35. The van der Waals surface area contributed by atoms with Gasteiger partial charge in [-0.05, 0) is 19.4 Å². The minimum absolute atomic E-state index is 0.0339. The molecule has 7 nitrogen and oxygen atoms in total. The van der Waals surface area contributed by atoms with E-state index in [1.807, 2.05) is 0 Å². The third kappa shape index (κ3) is 3.33. The smallest absolute Gasteiger partial charge is 0.445 e. The number of halogens is 3. The van der Waals surface area contributed by atoms with Crippen LogP contribution in [0.25, 0.3) is 0 Å². The summed E-state index contributed by atoms with van der Waals surface area (Å²) < 4.78 is 42.0. The van der Waals surface area contributed by atoms with Crippen LogP contribution in [0.15, 0.2) is 0 Å². The number of amides is 1. The summed E-state index contributed by atoms with van der Waals surface area (Å²) in [5.41, 5.74) is 0.970. The van der Waals surface area contributed by atoms with Crippen molar-refractivity contribution in [2.24, 2.45) is 0 Å². The molecule has 124 valence electrons. The minimum Gasteiger partial charge on any atom is -0.465 e. The number of hydrogen-bond donors (Lipinski definition) is 2. The summed E-state index contributed by atoms with van der Waals surface area (Å²) in [4.78, 5) is 26.5. The highest BCUT2D eigenvalue weighted by Crippen LogP contribution is 2.33. The summed E-state index contributed by atoms with van der Waals surface area (Å²) in [6, 6.07) is 0. The lowest BCUT2D eigenvalue weighted by molar-refractivity contribution is -0.138. The molecule has 0 aromatic carbocycles. The van der Waals surface area contributed by atoms with Gasteiger partial charge in [0.25, 0.3) is 5.91 Å². The SMILES string of the molecule is COC(=O)c1c(C)[nH]c(C(=O)Nc2nnc(C(F)(F)F)s2)c1C. The predicted molar refractivity (Wildman–Crippen MR) is 74.5 cm³/mol. The van der Waals surface area contributed by atoms with Crippen molar-refractivity contribution < 1.29 is 27.5 Å². The van der Waals surface area contributed by atoms with Crippen molar-refractivity contribution in [1.29, 1.82) is 0 Å². The second-order valence-electron chi connectivity index (χ2n) is 4.48. The number of hydrogen-bond acceptors (Lipinski definition) is 6. The van der Waals surface area contributed by atoms with E-state index in [0.717, 1.165) is 0 Å². The summed E-state index contributed by atoms with van der Waals surface area (Å²) >= 11 is 0.206. The van der Waals surface area contributed by atoms with Crippen molar-refractivity contribution in [3.05, 3.63) is 27.5 Å². The van der Waals surface area contributed by atoms with Crippen LogP contribution >= 0.6 is 11.3 Å². The molecule has 0 spiro atoms. The first-order valence-electron chi connectivity index (χ1n) is 6.14. The molecule has 0 fully saturated rings. The number of aryl methyl sites for hydroxylation is 1. The Morgan fingerprint density at radius 1 is 1.26 bits per heavy atom. The van der Waals surface area contributed by atoms with Gasteiger partial charge in [-0.25, -0.2) is 4.79 Å². The molecule has 2 rings (SSSR count). The van der Waals surface area contributed by atoms with Gasteiger partial charge < -0.3 is 9.72 Å². The number of nitrogens with one attached hydrogen (secondary N) is 2. The van der Waals surface area contributed by atoms with Gasteiger partial charge in [0, 0.05) is 5.69 Å². The molecule has 11 heteroatoms. The van der Waals surface area contributed by atoms with E-state index >= 15 is 0 Å². The molecular formula is C12H11F3N4O3S. The largest absolute Gasteiger partial charge is 0.465 e. The fourth-order valence-electron chi connectivity index (χ4n) is 1.93. The minimum atomic E-state index is -4.63. The molecule has 0 radical (unpaired) electrons. The highest BCUT2D eigenvalue weighted by Gasteiger charge is 2.36. The van der Waals surface area contributed by atoms with Crippen molar-refractivity contribution in [2.75, 3.05) is 12.4 Å². The van der Waals surface area contributed by atoms with Gasteiger partial charge in [-0.1, -0.05) is 11.3 Å². The Labute approximate surface area is 131 Å². The van der Waals surface area contributed by atoms with Gasteiger partial charge in [0.05, 0.1) is 12.7 Å². The van der Waals surface area contributed by atoms with Crippen LogP contribution in [-0.4, -0.2) is 34.2 Å². The zero-order valence-corrected chi connectivity index (χ0v) is 13.0. The van der Waals surface area contributed by atoms with Crippen LogP contribution in [0.1, 0.15) is 37.1 Å². The number of nitrogens with zero attached hydrogens (tertiary/aromatic N) is 2. The number of methoxy groups -OCH3 is 1. The monoisotopic (exact) mass is 348 g/mol. The maximum atomic E-state index is 12.4. The van der Waals surface area contributed by atoms with E-state index < -0.39 is 23.1 Å². The van der Waals surface area contributed by atoms with E-state index in [2.05, 4.69) is 25.2 Å². The maximum absolute atomic E-state index is 12.4. The summed E-state index contributed by atoms with van der Waals surface area (Å²) in [5, 5.41) is 6.98. The second-order valence-corrected chi connectivity index (χ2v) is 5.46. The number of alkyl halides is 3. The Morgan fingerprint density at radius 2 is 1.91 bits per heavy atom. The van der Waals surface area contributed by atoms with Gasteiger partial charge in [0.15, 0.2) is 0 Å². The highest BCUT2D eigenvalue weighted by atomic mass is 32.1. The molecule has 2 N–H and O–H groups in total. The first-order chi connectivity index (χ1) is 10.6. The topological polar surface area (TPSA) is 97.0 Å². The molecule has 0 atom stereocenters. The summed E-state index contributed by atoms with van der Waals surface area (Å²) in [6.45, 7) is 3.09. The molecular weight excluding hydrogens is 337 g/mol. The lowest BCUT2D eigenvalue weighted by atomic mass is 10.1. The second kappa shape index (κ2) is 5.99. The van der Waals surface area contributed by atoms with Crippen molar-refractivity contribution in [3.63, 3.8) is 0 Å². The highest BCUT2D eigenvalue weighted by molar-refractivity contribution is 7.15. The zero-order chi connectivity index (χ0) is 17.4. The Balaban J connectivity index is 2.25. The molecule has 0 unspecified atom stereocenters. The van der Waals surface area contributed by atoms with Gasteiger partial charge in [0.1, 0.15) is 5.69 Å². The van der Waals surface area contributed by atoms with Gasteiger partial charge in [-0.15, -0.1) is 10.2 Å². The van der Waals surface area contributed by atoms with Gasteiger partial charge in [-0.2, -0.15) is 13.2 Å². The molecule has 0 aliphatic carbocycles. The number of carbonyl (C=O) groups excluding carboxylic acids is 2. The first kappa shape index (κ1) is 16.9. The van der Waals surface area contributed by atoms with Gasteiger partial charge in [-0.3, -0.25) is 10.1 Å². The van der Waals surface area contributed by atoms with Crippen LogP contribution < -0.4 is 5.32 Å². The predicted octanol–water partition coefficient (Wildman–Crippen LogP) is 2.54. The van der Waals surface area contributed by atoms with E-state index in [-0.39, 0.29) is 27.7 Å². The van der Waals surface area contributed by atoms with Crippen LogP contribution in [0, 0.1) is 13.8 Å². The molecule has 2 heterocycles. The van der Waals surface area contributed by atoms with E-state index in [4.69, 9.17) is 0 Å². The summed E-state index contributed by atoms with van der Waals surface area (Å²) in [7, 11) is 1.20. The quantitative estimate of drug-likeness (QED) is 0.831. The number of rotatable bonds is 3. The molecule has 23 heavy (non-hydrogen) atoms. The molecule has 0 bridgehead atoms. The van der Waals surface area contributed by atoms with Crippen LogP contribution in [0.3, 0.4) is 0 Å². The molecule has 0 saturated carbocycles. The third-order valence-corrected chi connectivity index (χ3v) is 3.83. The average Bonchev–Trinajstić information content (AvgIpc) is 3.03. The third-order valence-electron chi connectivity index (χ3n) is 2.94. The van der Waals surface area contributed by atoms with Crippen molar-refractivity contribution >= 4 is 28.3 Å². The molecule has 0 aliphatic heterocycles. The van der Waals surface area contributed by atoms with Crippen molar-refractivity contribution in [3.8, 4) is 0 Å². The van der Waals surface area contributed by atoms with Gasteiger partial charge >= 0.3 is 12.1 Å². The fraction of sp³-hybridized carbons (Fsp3) is 0.333. The van der Waals surface area contributed by atoms with E-state index in [1.165, 1.54) is 14.0 Å². The number of ether oxygens (including phenoxy) is 1. The lowest BCUT2D eigenvalue weighted by Gasteiger charge is -2.01. The number of aromatic nitrogens is 3. The summed E-state index contributed by atoms with van der Waals surface area (Å²) in [6.07, 6.45) is -4.63. The number of esters is 1. The van der Waals surface area contributed by atoms with Gasteiger partial charge in [0.2, 0.25) is 10.1 Å². The number of H-pyrrole nitrogens is 1. The lowest BCUT2D eigenvalue weighted by Crippen LogP contribution is -2.14. The molecule has 0 saturated heterocycles. The zero-order valence-electron chi connectivity index (χ0n) is 12.2. The number of anilines is 1. The number of aromatic amines is 1. The number of carbonyl (C=O) groups is 2. The van der Waals surface area contributed by atoms with Crippen molar-refractivity contribution in [1.82, 2.24) is 15.2 Å². The Morgan fingerprint density at radius 3 is 2.43 bits per heavy atom. The molecule has 0 aliphatic rings. The maximum Gasteiger partial charge on any atom is 0.445 e. The van der Waals surface area contributed by atoms with Crippen LogP contribution in [0.2, 0.25) is 0 Å². The van der Waals surface area contributed by atoms with E-state index in [1.54, 1.807) is 6.92 Å². The van der Waals surface area contributed by atoms with Crippen LogP contribution in [0.5, 0.6) is 0 Å². The van der Waals surface area contributed by atoms with Crippen LogP contribution in [0.4, 0.5) is 18.3 Å². The van der Waals surface area contributed by atoms with Crippen LogP contribution in [-0.2, 0) is 10.9 Å². The Kier molecular flexibility index (Phi) is 4.41. The fourth-order valence-corrected chi connectivity index (χ4v) is 2.54. The standard InChI is InChI=1S/C12H11F3N4O3S/c1-4-6(9(21)22-3)5(2)16-7(4)8(20)17-11-19-18-10(23-11)12(13,14)15/h16H,1-3H3,(H,17,19,20). The van der Waals surface area contributed by atoms with E-state index in [0.29, 0.717) is 11.3 Å². The Hall–Kier alpha value is -2.43. The molecule has 2 aromatic rings.